The maximum absolute atomic E-state index is 13.0. The number of rotatable bonds is 4. The van der Waals surface area contributed by atoms with E-state index in [0.717, 1.165) is 18.4 Å². The molecule has 148 valence electrons. The molecule has 0 saturated carbocycles. The number of carbonyl (C=O) groups is 2. The summed E-state index contributed by atoms with van der Waals surface area (Å²) >= 11 is 7.42. The van der Waals surface area contributed by atoms with Crippen molar-refractivity contribution in [3.8, 4) is 0 Å². The highest BCUT2D eigenvalue weighted by molar-refractivity contribution is 7.13. The van der Waals surface area contributed by atoms with Crippen molar-refractivity contribution < 1.29 is 9.59 Å². The molecule has 6 nitrogen and oxygen atoms in total. The zero-order chi connectivity index (χ0) is 20.4. The molecule has 1 unspecified atom stereocenters. The summed E-state index contributed by atoms with van der Waals surface area (Å²) in [5.74, 6) is -0.432. The first-order valence-electron chi connectivity index (χ1n) is 9.30. The fraction of sp³-hybridized carbons (Fsp3) is 0.238. The first-order valence-corrected chi connectivity index (χ1v) is 10.5. The van der Waals surface area contributed by atoms with Gasteiger partial charge in [-0.1, -0.05) is 52.8 Å². The summed E-state index contributed by atoms with van der Waals surface area (Å²) < 4.78 is 0. The Hall–Kier alpha value is -2.77. The van der Waals surface area contributed by atoms with Gasteiger partial charge in [0, 0.05) is 12.2 Å². The van der Waals surface area contributed by atoms with E-state index in [1.807, 2.05) is 31.2 Å². The lowest BCUT2D eigenvalue weighted by Crippen LogP contribution is -2.30. The Morgan fingerprint density at radius 1 is 1.14 bits per heavy atom. The van der Waals surface area contributed by atoms with E-state index in [1.165, 1.54) is 11.3 Å². The molecule has 1 aliphatic heterocycles. The van der Waals surface area contributed by atoms with Gasteiger partial charge in [0.2, 0.25) is 5.01 Å². The van der Waals surface area contributed by atoms with Crippen LogP contribution in [0.2, 0.25) is 5.02 Å². The highest BCUT2D eigenvalue weighted by atomic mass is 35.5. The topological polar surface area (TPSA) is 75.2 Å². The first kappa shape index (κ1) is 19.5. The maximum atomic E-state index is 13.0. The van der Waals surface area contributed by atoms with Crippen molar-refractivity contribution in [3.05, 3.63) is 74.7 Å². The van der Waals surface area contributed by atoms with Crippen LogP contribution >= 0.6 is 22.9 Å². The molecule has 0 aliphatic carbocycles. The molecule has 1 aromatic heterocycles. The van der Waals surface area contributed by atoms with E-state index in [-0.39, 0.29) is 22.9 Å². The van der Waals surface area contributed by atoms with Gasteiger partial charge in [-0.15, -0.1) is 10.2 Å². The van der Waals surface area contributed by atoms with E-state index in [2.05, 4.69) is 15.5 Å². The number of carbonyl (C=O) groups excluding carboxylic acids is 2. The number of nitrogens with zero attached hydrogens (tertiary/aromatic N) is 3. The number of hydrogen-bond donors (Lipinski definition) is 1. The third-order valence-corrected chi connectivity index (χ3v) is 6.20. The van der Waals surface area contributed by atoms with Crippen molar-refractivity contribution >= 4 is 40.4 Å². The molecular weight excluding hydrogens is 408 g/mol. The predicted molar refractivity (Wildman–Crippen MR) is 114 cm³/mol. The number of benzene rings is 2. The molecule has 1 aliphatic rings. The molecule has 1 saturated heterocycles. The van der Waals surface area contributed by atoms with E-state index >= 15 is 0 Å². The number of aromatic nitrogens is 2. The van der Waals surface area contributed by atoms with Crippen LogP contribution in [0.25, 0.3) is 0 Å². The quantitative estimate of drug-likeness (QED) is 0.654. The highest BCUT2D eigenvalue weighted by Gasteiger charge is 2.34. The largest absolute Gasteiger partial charge is 0.329 e. The van der Waals surface area contributed by atoms with Crippen LogP contribution in [0.15, 0.2) is 48.5 Å². The molecule has 1 N–H and O–H groups in total. The third kappa shape index (κ3) is 4.16. The number of aryl methyl sites for hydroxylation is 1. The van der Waals surface area contributed by atoms with Gasteiger partial charge in [0.05, 0.1) is 16.6 Å². The van der Waals surface area contributed by atoms with Gasteiger partial charge in [0.15, 0.2) is 0 Å². The molecule has 8 heteroatoms. The zero-order valence-electron chi connectivity index (χ0n) is 15.8. The lowest BCUT2D eigenvalue weighted by Gasteiger charge is -2.23. The van der Waals surface area contributed by atoms with Crippen molar-refractivity contribution in [2.45, 2.75) is 25.8 Å². The van der Waals surface area contributed by atoms with Gasteiger partial charge < -0.3 is 10.2 Å². The van der Waals surface area contributed by atoms with Crippen molar-refractivity contribution in [1.82, 2.24) is 15.1 Å². The standard InChI is InChI=1S/C21H19ClN4O2S/c1-13-8-10-14(11-9-13)23-18(27)20-25-24-19(29-20)17-7-4-12-26(17)21(28)15-5-2-3-6-16(15)22/h2-3,5-6,8-11,17H,4,7,12H2,1H3,(H,23,27). The van der Waals surface area contributed by atoms with E-state index in [0.29, 0.717) is 27.8 Å². The second-order valence-corrected chi connectivity index (χ2v) is 8.32. The minimum Gasteiger partial charge on any atom is -0.329 e. The van der Waals surface area contributed by atoms with Crippen molar-refractivity contribution in [3.63, 3.8) is 0 Å². The fourth-order valence-electron chi connectivity index (χ4n) is 3.34. The molecule has 1 atom stereocenters. The second kappa shape index (κ2) is 8.31. The van der Waals surface area contributed by atoms with Gasteiger partial charge in [0.1, 0.15) is 5.01 Å². The van der Waals surface area contributed by atoms with Crippen molar-refractivity contribution in [2.24, 2.45) is 0 Å². The van der Waals surface area contributed by atoms with Crippen molar-refractivity contribution in [1.29, 1.82) is 0 Å². The number of hydrogen-bond acceptors (Lipinski definition) is 5. The molecule has 29 heavy (non-hydrogen) atoms. The van der Waals surface area contributed by atoms with Crippen LogP contribution in [0.5, 0.6) is 0 Å². The Morgan fingerprint density at radius 3 is 2.66 bits per heavy atom. The Labute approximate surface area is 177 Å². The molecular formula is C21H19ClN4O2S. The van der Waals surface area contributed by atoms with Gasteiger partial charge >= 0.3 is 0 Å². The van der Waals surface area contributed by atoms with E-state index in [1.54, 1.807) is 29.2 Å². The number of halogens is 1. The average Bonchev–Trinajstić information content (AvgIpc) is 3.39. The molecule has 1 fully saturated rings. The lowest BCUT2D eigenvalue weighted by molar-refractivity contribution is 0.0735. The SMILES string of the molecule is Cc1ccc(NC(=O)c2nnc(C3CCCN3C(=O)c3ccccc3Cl)s2)cc1. The van der Waals surface area contributed by atoms with E-state index in [4.69, 9.17) is 11.6 Å². The maximum Gasteiger partial charge on any atom is 0.286 e. The van der Waals surface area contributed by atoms with Crippen molar-refractivity contribution in [2.75, 3.05) is 11.9 Å². The first-order chi connectivity index (χ1) is 14.0. The van der Waals surface area contributed by atoms with Crippen LogP contribution in [0.1, 0.15) is 49.6 Å². The number of nitrogens with one attached hydrogen (secondary N) is 1. The molecule has 0 spiro atoms. The fourth-order valence-corrected chi connectivity index (χ4v) is 4.44. The second-order valence-electron chi connectivity index (χ2n) is 6.90. The number of anilines is 1. The van der Waals surface area contributed by atoms with E-state index in [9.17, 15) is 9.59 Å². The predicted octanol–water partition coefficient (Wildman–Crippen LogP) is 4.73. The Bertz CT molecular complexity index is 1050. The highest BCUT2D eigenvalue weighted by Crippen LogP contribution is 2.35. The lowest BCUT2D eigenvalue weighted by atomic mass is 10.1. The summed E-state index contributed by atoms with van der Waals surface area (Å²) in [6, 6.07) is 14.4. The van der Waals surface area contributed by atoms with Crippen LogP contribution in [-0.4, -0.2) is 33.5 Å². The molecule has 2 amide bonds. The Balaban J connectivity index is 1.50. The molecule has 2 aromatic carbocycles. The number of amides is 2. The summed E-state index contributed by atoms with van der Waals surface area (Å²) in [5.41, 5.74) is 2.29. The van der Waals surface area contributed by atoms with E-state index < -0.39 is 0 Å². The van der Waals surface area contributed by atoms with Gasteiger partial charge in [-0.05, 0) is 44.0 Å². The minimum atomic E-state index is -0.306. The molecule has 2 heterocycles. The van der Waals surface area contributed by atoms with Gasteiger partial charge in [-0.2, -0.15) is 0 Å². The average molecular weight is 427 g/mol. The smallest absolute Gasteiger partial charge is 0.286 e. The third-order valence-electron chi connectivity index (χ3n) is 4.85. The molecule has 0 bridgehead atoms. The molecule has 4 rings (SSSR count). The van der Waals surface area contributed by atoms with Crippen LogP contribution in [-0.2, 0) is 0 Å². The van der Waals surface area contributed by atoms with Crippen LogP contribution < -0.4 is 5.32 Å². The summed E-state index contributed by atoms with van der Waals surface area (Å²) in [4.78, 5) is 27.3. The van der Waals surface area contributed by atoms with Gasteiger partial charge in [-0.3, -0.25) is 9.59 Å². The number of likely N-dealkylation sites (tertiary alicyclic amines) is 1. The Kier molecular flexibility index (Phi) is 5.60. The summed E-state index contributed by atoms with van der Waals surface area (Å²) in [6.07, 6.45) is 1.65. The van der Waals surface area contributed by atoms with Crippen LogP contribution in [0.3, 0.4) is 0 Å². The minimum absolute atomic E-state index is 0.126. The summed E-state index contributed by atoms with van der Waals surface area (Å²) in [7, 11) is 0. The Morgan fingerprint density at radius 2 is 1.90 bits per heavy atom. The normalized spacial score (nSPS) is 16.1. The summed E-state index contributed by atoms with van der Waals surface area (Å²) in [5, 5.41) is 12.5. The molecule has 0 radical (unpaired) electrons. The van der Waals surface area contributed by atoms with Gasteiger partial charge in [-0.25, -0.2) is 0 Å². The monoisotopic (exact) mass is 426 g/mol. The van der Waals surface area contributed by atoms with Crippen LogP contribution in [0.4, 0.5) is 5.69 Å². The zero-order valence-corrected chi connectivity index (χ0v) is 17.3. The van der Waals surface area contributed by atoms with Crippen LogP contribution in [0, 0.1) is 6.92 Å². The summed E-state index contributed by atoms with van der Waals surface area (Å²) in [6.45, 7) is 2.61. The molecule has 3 aromatic rings. The van der Waals surface area contributed by atoms with Gasteiger partial charge in [0.25, 0.3) is 11.8 Å².